The van der Waals surface area contributed by atoms with Crippen LogP contribution >= 0.6 is 33.9 Å². The molecule has 1 aliphatic heterocycles. The molecule has 0 radical (unpaired) electrons. The predicted octanol–water partition coefficient (Wildman–Crippen LogP) is 3.26. The molecule has 0 aliphatic carbocycles. The largest absolute Gasteiger partial charge is 0.459 e. The predicted molar refractivity (Wildman–Crippen MR) is 78.8 cm³/mol. The zero-order valence-corrected chi connectivity index (χ0v) is 13.7. The topological polar surface area (TPSA) is 69.7 Å². The molecule has 1 saturated heterocycles. The minimum Gasteiger partial charge on any atom is -0.459 e. The number of esters is 1. The molecule has 9 heteroatoms. The van der Waals surface area contributed by atoms with Gasteiger partial charge in [-0.15, -0.1) is 0 Å². The van der Waals surface area contributed by atoms with Crippen molar-refractivity contribution >= 4 is 48.9 Å². The van der Waals surface area contributed by atoms with E-state index in [1.165, 1.54) is 0 Å². The maximum Gasteiger partial charge on any atom is 0.339 e. The highest BCUT2D eigenvalue weighted by molar-refractivity contribution is 8.13. The minimum absolute atomic E-state index is 0.0126. The maximum absolute atomic E-state index is 12.0. The number of hydrogen-bond donors (Lipinski definition) is 0. The smallest absolute Gasteiger partial charge is 0.339 e. The van der Waals surface area contributed by atoms with Crippen LogP contribution in [0.5, 0.6) is 0 Å². The Morgan fingerprint density at radius 1 is 1.33 bits per heavy atom. The molecule has 116 valence electrons. The number of carbonyl (C=O) groups excluding carboxylic acids is 1. The fourth-order valence-electron chi connectivity index (χ4n) is 1.89. The zero-order valence-electron chi connectivity index (χ0n) is 10.6. The molecule has 0 saturated carbocycles. The fourth-order valence-corrected chi connectivity index (χ4v) is 3.71. The van der Waals surface area contributed by atoms with Gasteiger partial charge in [0.25, 0.3) is 9.05 Å². The van der Waals surface area contributed by atoms with Gasteiger partial charge in [-0.3, -0.25) is 0 Å². The summed E-state index contributed by atoms with van der Waals surface area (Å²) in [7, 11) is 1.16. The molecule has 1 atom stereocenters. The van der Waals surface area contributed by atoms with Crippen LogP contribution in [0.2, 0.25) is 10.0 Å². The van der Waals surface area contributed by atoms with Crippen molar-refractivity contribution in [2.24, 2.45) is 0 Å². The Kier molecular flexibility index (Phi) is 5.38. The summed E-state index contributed by atoms with van der Waals surface area (Å²) in [6.07, 6.45) is 1.58. The molecular weight excluding hydrogens is 363 g/mol. The molecule has 1 heterocycles. The molecule has 2 rings (SSSR count). The normalized spacial score (nSPS) is 18.7. The number of ether oxygens (including phenoxy) is 2. The van der Waals surface area contributed by atoms with Crippen molar-refractivity contribution < 1.29 is 22.7 Å². The van der Waals surface area contributed by atoms with Crippen LogP contribution in [-0.4, -0.2) is 33.7 Å². The summed E-state index contributed by atoms with van der Waals surface area (Å²) >= 11 is 11.6. The van der Waals surface area contributed by atoms with Gasteiger partial charge in [0.2, 0.25) is 0 Å². The highest BCUT2D eigenvalue weighted by Gasteiger charge is 2.23. The van der Waals surface area contributed by atoms with Gasteiger partial charge in [0.05, 0.1) is 21.7 Å². The van der Waals surface area contributed by atoms with Crippen LogP contribution in [0, 0.1) is 0 Å². The molecule has 1 aromatic carbocycles. The molecule has 0 N–H and O–H groups in total. The Labute approximate surface area is 136 Å². The molecule has 1 fully saturated rings. The Morgan fingerprint density at radius 2 is 2.05 bits per heavy atom. The van der Waals surface area contributed by atoms with Crippen molar-refractivity contribution in [3.63, 3.8) is 0 Å². The first-order valence-corrected chi connectivity index (χ1v) is 9.08. The van der Waals surface area contributed by atoms with E-state index < -0.39 is 15.0 Å². The standard InChI is InChI=1S/C12H11Cl3O5S/c13-9-5-10(14)11(21(15,17)18)4-8(9)12(16)20-6-7-2-1-3-19-7/h4-5,7H,1-3,6H2. The second kappa shape index (κ2) is 6.71. The van der Waals surface area contributed by atoms with Gasteiger partial charge in [-0.25, -0.2) is 13.2 Å². The van der Waals surface area contributed by atoms with Gasteiger partial charge >= 0.3 is 5.97 Å². The van der Waals surface area contributed by atoms with E-state index in [1.807, 2.05) is 0 Å². The molecular formula is C12H11Cl3O5S. The van der Waals surface area contributed by atoms with Crippen molar-refractivity contribution in [3.8, 4) is 0 Å². The first-order valence-electron chi connectivity index (χ1n) is 6.01. The quantitative estimate of drug-likeness (QED) is 0.598. The highest BCUT2D eigenvalue weighted by atomic mass is 35.7. The Hall–Kier alpha value is -0.530. The van der Waals surface area contributed by atoms with Gasteiger partial charge < -0.3 is 9.47 Å². The number of rotatable bonds is 4. The molecule has 1 aliphatic rings. The summed E-state index contributed by atoms with van der Waals surface area (Å²) in [6, 6.07) is 2.14. The van der Waals surface area contributed by atoms with Crippen molar-refractivity contribution in [2.45, 2.75) is 23.8 Å². The molecule has 0 amide bonds. The molecule has 1 aromatic rings. The fraction of sp³-hybridized carbons (Fsp3) is 0.417. The summed E-state index contributed by atoms with van der Waals surface area (Å²) in [5.41, 5.74) is -0.113. The second-order valence-corrected chi connectivity index (χ2v) is 7.78. The summed E-state index contributed by atoms with van der Waals surface area (Å²) in [4.78, 5) is 11.6. The number of halogens is 3. The van der Waals surface area contributed by atoms with Crippen LogP contribution in [0.25, 0.3) is 0 Å². The molecule has 21 heavy (non-hydrogen) atoms. The summed E-state index contributed by atoms with van der Waals surface area (Å²) in [5, 5.41) is -0.174. The molecule has 0 spiro atoms. The van der Waals surface area contributed by atoms with Crippen LogP contribution < -0.4 is 0 Å². The Balaban J connectivity index is 2.20. The van der Waals surface area contributed by atoms with E-state index in [1.54, 1.807) is 0 Å². The molecule has 0 bridgehead atoms. The van der Waals surface area contributed by atoms with E-state index in [0.29, 0.717) is 6.61 Å². The Bertz CT molecular complexity index is 653. The first kappa shape index (κ1) is 16.8. The van der Waals surface area contributed by atoms with Crippen LogP contribution in [0.3, 0.4) is 0 Å². The van der Waals surface area contributed by atoms with Gasteiger partial charge in [0.1, 0.15) is 11.5 Å². The zero-order chi connectivity index (χ0) is 15.6. The summed E-state index contributed by atoms with van der Waals surface area (Å²) in [5.74, 6) is -0.756. The monoisotopic (exact) mass is 372 g/mol. The summed E-state index contributed by atoms with van der Waals surface area (Å²) in [6.45, 7) is 0.722. The van der Waals surface area contributed by atoms with Crippen molar-refractivity contribution in [1.29, 1.82) is 0 Å². The van der Waals surface area contributed by atoms with Gasteiger partial charge in [-0.1, -0.05) is 23.2 Å². The van der Waals surface area contributed by atoms with E-state index in [0.717, 1.165) is 25.0 Å². The van der Waals surface area contributed by atoms with Crippen LogP contribution in [0.4, 0.5) is 0 Å². The van der Waals surface area contributed by atoms with E-state index in [9.17, 15) is 13.2 Å². The van der Waals surface area contributed by atoms with Crippen molar-refractivity contribution in [3.05, 3.63) is 27.7 Å². The van der Waals surface area contributed by atoms with E-state index in [4.69, 9.17) is 43.4 Å². The van der Waals surface area contributed by atoms with Gasteiger partial charge in [-0.2, -0.15) is 0 Å². The summed E-state index contributed by atoms with van der Waals surface area (Å²) < 4.78 is 33.1. The van der Waals surface area contributed by atoms with E-state index in [-0.39, 0.29) is 33.2 Å². The lowest BCUT2D eigenvalue weighted by molar-refractivity contribution is 0.0161. The van der Waals surface area contributed by atoms with Crippen molar-refractivity contribution in [2.75, 3.05) is 13.2 Å². The third-order valence-electron chi connectivity index (χ3n) is 2.93. The third kappa shape index (κ3) is 4.23. The van der Waals surface area contributed by atoms with Gasteiger partial charge in [0.15, 0.2) is 0 Å². The number of benzene rings is 1. The average Bonchev–Trinajstić information content (AvgIpc) is 2.87. The second-order valence-electron chi connectivity index (χ2n) is 4.43. The lowest BCUT2D eigenvalue weighted by atomic mass is 10.2. The minimum atomic E-state index is -4.09. The van der Waals surface area contributed by atoms with E-state index in [2.05, 4.69) is 0 Å². The van der Waals surface area contributed by atoms with Gasteiger partial charge in [0, 0.05) is 17.3 Å². The maximum atomic E-state index is 12.0. The SMILES string of the molecule is O=C(OCC1CCCO1)c1cc(S(=O)(=O)Cl)c(Cl)cc1Cl. The van der Waals surface area contributed by atoms with Crippen LogP contribution in [-0.2, 0) is 18.5 Å². The van der Waals surface area contributed by atoms with Crippen LogP contribution in [0.15, 0.2) is 17.0 Å². The third-order valence-corrected chi connectivity index (χ3v) is 5.03. The first-order chi connectivity index (χ1) is 9.79. The number of carbonyl (C=O) groups is 1. The van der Waals surface area contributed by atoms with Gasteiger partial charge in [-0.05, 0) is 25.0 Å². The molecule has 1 unspecified atom stereocenters. The number of hydrogen-bond acceptors (Lipinski definition) is 5. The van der Waals surface area contributed by atoms with Crippen LogP contribution in [0.1, 0.15) is 23.2 Å². The molecule has 0 aromatic heterocycles. The lowest BCUT2D eigenvalue weighted by Crippen LogP contribution is -2.18. The van der Waals surface area contributed by atoms with E-state index >= 15 is 0 Å². The Morgan fingerprint density at radius 3 is 2.62 bits per heavy atom. The highest BCUT2D eigenvalue weighted by Crippen LogP contribution is 2.31. The lowest BCUT2D eigenvalue weighted by Gasteiger charge is -2.11. The molecule has 5 nitrogen and oxygen atoms in total. The average molecular weight is 374 g/mol. The van der Waals surface area contributed by atoms with Crippen molar-refractivity contribution in [1.82, 2.24) is 0 Å².